The lowest BCUT2D eigenvalue weighted by Gasteiger charge is -2.18. The van der Waals surface area contributed by atoms with Crippen molar-refractivity contribution in [1.29, 1.82) is 0 Å². The van der Waals surface area contributed by atoms with Crippen molar-refractivity contribution in [2.75, 3.05) is 6.54 Å². The van der Waals surface area contributed by atoms with Crippen LogP contribution in [0.2, 0.25) is 0 Å². The van der Waals surface area contributed by atoms with Crippen LogP contribution in [0, 0.1) is 0 Å². The third kappa shape index (κ3) is 2.21. The summed E-state index contributed by atoms with van der Waals surface area (Å²) in [4.78, 5) is 4.36. The smallest absolute Gasteiger partial charge is 0.137 e. The number of hydrogen-bond acceptors (Lipinski definition) is 2. The van der Waals surface area contributed by atoms with E-state index in [1.54, 1.807) is 0 Å². The van der Waals surface area contributed by atoms with Crippen molar-refractivity contribution in [2.24, 2.45) is 0 Å². The molecule has 20 heavy (non-hydrogen) atoms. The van der Waals surface area contributed by atoms with E-state index in [1.165, 1.54) is 16.8 Å². The van der Waals surface area contributed by atoms with Crippen molar-refractivity contribution >= 4 is 5.65 Å². The molecule has 2 heterocycles. The summed E-state index contributed by atoms with van der Waals surface area (Å²) in [6, 6.07) is 15.1. The number of nitrogens with one attached hydrogen (secondary N) is 1. The molecule has 0 spiro atoms. The summed E-state index contributed by atoms with van der Waals surface area (Å²) in [6.45, 7) is 5.30. The Balaban J connectivity index is 2.17. The molecule has 2 aromatic heterocycles. The van der Waals surface area contributed by atoms with E-state index in [1.807, 2.05) is 18.5 Å². The molecule has 0 bridgehead atoms. The van der Waals surface area contributed by atoms with Crippen LogP contribution in [0.5, 0.6) is 0 Å². The molecule has 1 atom stereocenters. The van der Waals surface area contributed by atoms with Crippen LogP contribution in [0.3, 0.4) is 0 Å². The Labute approximate surface area is 119 Å². The van der Waals surface area contributed by atoms with Gasteiger partial charge < -0.3 is 5.32 Å². The van der Waals surface area contributed by atoms with Crippen molar-refractivity contribution in [1.82, 2.24) is 14.7 Å². The summed E-state index contributed by atoms with van der Waals surface area (Å²) >= 11 is 0. The maximum Gasteiger partial charge on any atom is 0.137 e. The number of benzene rings is 1. The predicted molar refractivity (Wildman–Crippen MR) is 82.7 cm³/mol. The lowest BCUT2D eigenvalue weighted by atomic mass is 9.98. The second-order valence-corrected chi connectivity index (χ2v) is 4.93. The van der Waals surface area contributed by atoms with Crippen LogP contribution in [-0.2, 0) is 0 Å². The molecule has 1 N–H and O–H groups in total. The summed E-state index contributed by atoms with van der Waals surface area (Å²) in [6.07, 6.45) is 3.86. The van der Waals surface area contributed by atoms with Gasteiger partial charge in [-0.2, -0.15) is 0 Å². The summed E-state index contributed by atoms with van der Waals surface area (Å²) in [5, 5.41) is 3.49. The molecule has 3 nitrogen and oxygen atoms in total. The number of fused-ring (bicyclic) bond motifs is 1. The molecule has 3 aromatic rings. The van der Waals surface area contributed by atoms with Crippen LogP contribution in [0.25, 0.3) is 16.9 Å². The topological polar surface area (TPSA) is 29.3 Å². The molecule has 0 saturated carbocycles. The summed E-state index contributed by atoms with van der Waals surface area (Å²) < 4.78 is 2.14. The van der Waals surface area contributed by atoms with E-state index in [-0.39, 0.29) is 0 Å². The number of pyridine rings is 1. The highest BCUT2D eigenvalue weighted by molar-refractivity contribution is 5.67. The summed E-state index contributed by atoms with van der Waals surface area (Å²) in [5.74, 6) is 0. The highest BCUT2D eigenvalue weighted by atomic mass is 15.0. The van der Waals surface area contributed by atoms with Gasteiger partial charge in [0.15, 0.2) is 0 Å². The Morgan fingerprint density at radius 3 is 2.85 bits per heavy atom. The standard InChI is InChI=1S/C17H19N3/c1-3-18-13(2)14-7-4-5-8-15(14)16-9-6-10-17-19-11-12-20(16)17/h4-13,18H,3H2,1-2H3. The molecule has 0 aliphatic heterocycles. The molecular formula is C17H19N3. The molecular weight excluding hydrogens is 246 g/mol. The van der Waals surface area contributed by atoms with E-state index < -0.39 is 0 Å². The van der Waals surface area contributed by atoms with Gasteiger partial charge in [0.1, 0.15) is 5.65 Å². The molecule has 0 aliphatic carbocycles. The van der Waals surface area contributed by atoms with Gasteiger partial charge in [-0.25, -0.2) is 4.98 Å². The monoisotopic (exact) mass is 265 g/mol. The first kappa shape index (κ1) is 12.9. The Morgan fingerprint density at radius 1 is 1.15 bits per heavy atom. The minimum absolute atomic E-state index is 0.329. The van der Waals surface area contributed by atoms with Gasteiger partial charge in [0, 0.05) is 24.0 Å². The summed E-state index contributed by atoms with van der Waals surface area (Å²) in [5.41, 5.74) is 4.73. The lowest BCUT2D eigenvalue weighted by molar-refractivity contribution is 0.599. The van der Waals surface area contributed by atoms with E-state index in [4.69, 9.17) is 0 Å². The van der Waals surface area contributed by atoms with Crippen LogP contribution in [0.15, 0.2) is 54.9 Å². The van der Waals surface area contributed by atoms with Gasteiger partial charge in [-0.15, -0.1) is 0 Å². The Hall–Kier alpha value is -2.13. The Kier molecular flexibility index (Phi) is 3.52. The lowest BCUT2D eigenvalue weighted by Crippen LogP contribution is -2.18. The molecule has 1 aromatic carbocycles. The van der Waals surface area contributed by atoms with E-state index in [0.717, 1.165) is 12.2 Å². The second-order valence-electron chi connectivity index (χ2n) is 4.93. The fourth-order valence-electron chi connectivity index (χ4n) is 2.69. The van der Waals surface area contributed by atoms with Gasteiger partial charge in [0.25, 0.3) is 0 Å². The molecule has 0 aliphatic rings. The van der Waals surface area contributed by atoms with Crippen LogP contribution in [-0.4, -0.2) is 15.9 Å². The minimum Gasteiger partial charge on any atom is -0.310 e. The molecule has 3 rings (SSSR count). The van der Waals surface area contributed by atoms with Crippen molar-refractivity contribution in [2.45, 2.75) is 19.9 Å². The van der Waals surface area contributed by atoms with Gasteiger partial charge in [-0.3, -0.25) is 4.40 Å². The summed E-state index contributed by atoms with van der Waals surface area (Å²) in [7, 11) is 0. The zero-order valence-corrected chi connectivity index (χ0v) is 11.9. The van der Waals surface area contributed by atoms with E-state index in [0.29, 0.717) is 6.04 Å². The molecule has 3 heteroatoms. The second kappa shape index (κ2) is 5.47. The third-order valence-electron chi connectivity index (χ3n) is 3.64. The first-order valence-corrected chi connectivity index (χ1v) is 7.06. The first-order valence-electron chi connectivity index (χ1n) is 7.06. The highest BCUT2D eigenvalue weighted by Crippen LogP contribution is 2.28. The number of aromatic nitrogens is 2. The average Bonchev–Trinajstić information content (AvgIpc) is 2.96. The predicted octanol–water partition coefficient (Wildman–Crippen LogP) is 3.67. The van der Waals surface area contributed by atoms with Crippen LogP contribution < -0.4 is 5.32 Å². The molecule has 0 fully saturated rings. The van der Waals surface area contributed by atoms with Crippen LogP contribution in [0.4, 0.5) is 0 Å². The fourth-order valence-corrected chi connectivity index (χ4v) is 2.69. The van der Waals surface area contributed by atoms with Gasteiger partial charge >= 0.3 is 0 Å². The fraction of sp³-hybridized carbons (Fsp3) is 0.235. The van der Waals surface area contributed by atoms with Gasteiger partial charge in [0.05, 0.1) is 5.69 Å². The van der Waals surface area contributed by atoms with Crippen molar-refractivity contribution < 1.29 is 0 Å². The quantitative estimate of drug-likeness (QED) is 0.780. The SMILES string of the molecule is CCNC(C)c1ccccc1-c1cccc2nccn12. The number of rotatable bonds is 4. The molecule has 1 unspecified atom stereocenters. The van der Waals surface area contributed by atoms with Crippen LogP contribution >= 0.6 is 0 Å². The number of hydrogen-bond donors (Lipinski definition) is 1. The third-order valence-corrected chi connectivity index (χ3v) is 3.64. The maximum absolute atomic E-state index is 4.36. The normalized spacial score (nSPS) is 12.7. The van der Waals surface area contributed by atoms with Crippen molar-refractivity contribution in [3.05, 3.63) is 60.4 Å². The van der Waals surface area contributed by atoms with E-state index in [2.05, 4.69) is 64.9 Å². The maximum atomic E-state index is 4.36. The first-order chi connectivity index (χ1) is 9.81. The van der Waals surface area contributed by atoms with E-state index >= 15 is 0 Å². The molecule has 0 radical (unpaired) electrons. The Morgan fingerprint density at radius 2 is 2.00 bits per heavy atom. The van der Waals surface area contributed by atoms with Gasteiger partial charge in [0.2, 0.25) is 0 Å². The zero-order valence-electron chi connectivity index (χ0n) is 11.9. The van der Waals surface area contributed by atoms with Crippen molar-refractivity contribution in [3.63, 3.8) is 0 Å². The average molecular weight is 265 g/mol. The van der Waals surface area contributed by atoms with Crippen molar-refractivity contribution in [3.8, 4) is 11.3 Å². The zero-order chi connectivity index (χ0) is 13.9. The Bertz CT molecular complexity index is 715. The largest absolute Gasteiger partial charge is 0.310 e. The molecule has 0 saturated heterocycles. The molecule has 0 amide bonds. The molecule has 102 valence electrons. The number of imidazole rings is 1. The van der Waals surface area contributed by atoms with Gasteiger partial charge in [-0.1, -0.05) is 37.3 Å². The highest BCUT2D eigenvalue weighted by Gasteiger charge is 2.12. The number of nitrogens with zero attached hydrogens (tertiary/aromatic N) is 2. The van der Waals surface area contributed by atoms with Crippen LogP contribution in [0.1, 0.15) is 25.5 Å². The van der Waals surface area contributed by atoms with Gasteiger partial charge in [-0.05, 0) is 31.2 Å². The minimum atomic E-state index is 0.329. The van der Waals surface area contributed by atoms with E-state index in [9.17, 15) is 0 Å².